The van der Waals surface area contributed by atoms with Crippen LogP contribution in [0.1, 0.15) is 36.3 Å². The van der Waals surface area contributed by atoms with Crippen molar-refractivity contribution in [2.75, 3.05) is 18.2 Å². The molecular formula is C19H23ClN2O2. The number of ether oxygens (including phenoxy) is 1. The number of aryl methyl sites for hydroxylation is 1. The summed E-state index contributed by atoms with van der Waals surface area (Å²) in [4.78, 5) is 12.4. The van der Waals surface area contributed by atoms with Crippen molar-refractivity contribution >= 4 is 29.7 Å². The van der Waals surface area contributed by atoms with Crippen LogP contribution < -0.4 is 15.8 Å². The second-order valence-corrected chi connectivity index (χ2v) is 6.00. The maximum atomic E-state index is 12.4. The molecule has 2 aromatic rings. The third-order valence-electron chi connectivity index (χ3n) is 4.44. The molecule has 1 amide bonds. The molecule has 3 N–H and O–H groups in total. The minimum absolute atomic E-state index is 0. The van der Waals surface area contributed by atoms with Gasteiger partial charge in [-0.25, -0.2) is 0 Å². The fourth-order valence-corrected chi connectivity index (χ4v) is 3.31. The first-order chi connectivity index (χ1) is 11.2. The van der Waals surface area contributed by atoms with Crippen LogP contribution in [0, 0.1) is 0 Å². The molecular weight excluding hydrogens is 324 g/mol. The number of nitrogens with two attached hydrogens (primary N) is 1. The average molecular weight is 347 g/mol. The summed E-state index contributed by atoms with van der Waals surface area (Å²) in [7, 11) is 1.57. The number of benzene rings is 2. The number of nitrogens with one attached hydrogen (secondary N) is 1. The Morgan fingerprint density at radius 2 is 2.08 bits per heavy atom. The highest BCUT2D eigenvalue weighted by Gasteiger charge is 2.22. The van der Waals surface area contributed by atoms with Gasteiger partial charge in [-0.1, -0.05) is 24.3 Å². The molecule has 1 aliphatic rings. The summed E-state index contributed by atoms with van der Waals surface area (Å²) < 4.78 is 5.13. The number of hydrogen-bond acceptors (Lipinski definition) is 3. The smallest absolute Gasteiger partial charge is 0.224 e. The van der Waals surface area contributed by atoms with E-state index in [2.05, 4.69) is 29.6 Å². The van der Waals surface area contributed by atoms with Crippen molar-refractivity contribution in [3.05, 3.63) is 53.6 Å². The summed E-state index contributed by atoms with van der Waals surface area (Å²) in [5.74, 6) is 0.941. The van der Waals surface area contributed by atoms with E-state index >= 15 is 0 Å². The maximum absolute atomic E-state index is 12.4. The number of methoxy groups -OCH3 is 1. The highest BCUT2D eigenvalue weighted by atomic mass is 35.5. The number of nitrogen functional groups attached to an aromatic ring is 1. The van der Waals surface area contributed by atoms with Crippen LogP contribution in [0.3, 0.4) is 0 Å². The summed E-state index contributed by atoms with van der Waals surface area (Å²) >= 11 is 0. The first-order valence-electron chi connectivity index (χ1n) is 7.98. The predicted molar refractivity (Wildman–Crippen MR) is 100 cm³/mol. The van der Waals surface area contributed by atoms with E-state index in [0.717, 1.165) is 19.3 Å². The summed E-state index contributed by atoms with van der Waals surface area (Å²) in [6, 6.07) is 13.7. The van der Waals surface area contributed by atoms with Crippen LogP contribution in [-0.2, 0) is 11.2 Å². The zero-order chi connectivity index (χ0) is 16.2. The topological polar surface area (TPSA) is 64.3 Å². The number of amides is 1. The zero-order valence-electron chi connectivity index (χ0n) is 13.7. The van der Waals surface area contributed by atoms with Crippen LogP contribution in [0.15, 0.2) is 42.5 Å². The second-order valence-electron chi connectivity index (χ2n) is 6.00. The molecule has 0 aromatic heterocycles. The van der Waals surface area contributed by atoms with E-state index in [0.29, 0.717) is 29.5 Å². The predicted octanol–water partition coefficient (Wildman–Crippen LogP) is 4.15. The highest BCUT2D eigenvalue weighted by Crippen LogP contribution is 2.34. The Bertz CT molecular complexity index is 718. The summed E-state index contributed by atoms with van der Waals surface area (Å²) in [5, 5.41) is 2.94. The number of halogens is 1. The fourth-order valence-electron chi connectivity index (χ4n) is 3.31. The van der Waals surface area contributed by atoms with Gasteiger partial charge >= 0.3 is 0 Å². The molecule has 0 aliphatic heterocycles. The van der Waals surface area contributed by atoms with Crippen molar-refractivity contribution in [3.63, 3.8) is 0 Å². The molecule has 0 bridgehead atoms. The highest BCUT2D eigenvalue weighted by molar-refractivity contribution is 5.92. The molecule has 0 heterocycles. The SMILES string of the molecule is COc1ccc(NC(=O)CC2CCCc3ccccc32)cc1N.Cl. The van der Waals surface area contributed by atoms with Crippen molar-refractivity contribution < 1.29 is 9.53 Å². The molecule has 1 unspecified atom stereocenters. The molecule has 0 spiro atoms. The largest absolute Gasteiger partial charge is 0.495 e. The van der Waals surface area contributed by atoms with Gasteiger partial charge in [0.2, 0.25) is 5.91 Å². The van der Waals surface area contributed by atoms with E-state index in [1.54, 1.807) is 19.2 Å². The Morgan fingerprint density at radius 3 is 2.83 bits per heavy atom. The van der Waals surface area contributed by atoms with E-state index in [1.165, 1.54) is 11.1 Å². The molecule has 4 nitrogen and oxygen atoms in total. The van der Waals surface area contributed by atoms with Crippen LogP contribution in [0.25, 0.3) is 0 Å². The normalized spacial score (nSPS) is 15.8. The van der Waals surface area contributed by atoms with Gasteiger partial charge in [-0.3, -0.25) is 4.79 Å². The van der Waals surface area contributed by atoms with Gasteiger partial charge < -0.3 is 15.8 Å². The molecule has 0 fully saturated rings. The number of hydrogen-bond donors (Lipinski definition) is 2. The minimum Gasteiger partial charge on any atom is -0.495 e. The van der Waals surface area contributed by atoms with Crippen molar-refractivity contribution in [3.8, 4) is 5.75 Å². The van der Waals surface area contributed by atoms with Gasteiger partial charge in [-0.2, -0.15) is 0 Å². The van der Waals surface area contributed by atoms with Crippen LogP contribution in [0.5, 0.6) is 5.75 Å². The second kappa shape index (κ2) is 8.06. The number of rotatable bonds is 4. The first-order valence-corrected chi connectivity index (χ1v) is 7.98. The van der Waals surface area contributed by atoms with E-state index in [9.17, 15) is 4.79 Å². The third kappa shape index (κ3) is 4.01. The standard InChI is InChI=1S/C19H22N2O2.ClH/c1-23-18-10-9-15(12-17(18)20)21-19(22)11-14-7-4-6-13-5-2-3-8-16(13)14;/h2-3,5,8-10,12,14H,4,6-7,11,20H2,1H3,(H,21,22);1H. The lowest BCUT2D eigenvalue weighted by Gasteiger charge is -2.25. The maximum Gasteiger partial charge on any atom is 0.224 e. The average Bonchev–Trinajstić information content (AvgIpc) is 2.55. The Labute approximate surface area is 148 Å². The molecule has 24 heavy (non-hydrogen) atoms. The summed E-state index contributed by atoms with van der Waals surface area (Å²) in [6.07, 6.45) is 3.83. The van der Waals surface area contributed by atoms with E-state index in [1.807, 2.05) is 6.07 Å². The molecule has 3 rings (SSSR count). The quantitative estimate of drug-likeness (QED) is 0.817. The van der Waals surface area contributed by atoms with Gasteiger partial charge in [-0.15, -0.1) is 12.4 Å². The van der Waals surface area contributed by atoms with Crippen LogP contribution in [-0.4, -0.2) is 13.0 Å². The Hall–Kier alpha value is -2.20. The van der Waals surface area contributed by atoms with Gasteiger partial charge in [-0.05, 0) is 54.5 Å². The first kappa shape index (κ1) is 18.1. The van der Waals surface area contributed by atoms with Gasteiger partial charge in [0.05, 0.1) is 12.8 Å². The van der Waals surface area contributed by atoms with Gasteiger partial charge in [0.25, 0.3) is 0 Å². The lowest BCUT2D eigenvalue weighted by molar-refractivity contribution is -0.116. The monoisotopic (exact) mass is 346 g/mol. The van der Waals surface area contributed by atoms with E-state index in [-0.39, 0.29) is 18.3 Å². The third-order valence-corrected chi connectivity index (χ3v) is 4.44. The number of fused-ring (bicyclic) bond motifs is 1. The van der Waals surface area contributed by atoms with E-state index < -0.39 is 0 Å². The van der Waals surface area contributed by atoms with Crippen molar-refractivity contribution in [2.45, 2.75) is 31.6 Å². The van der Waals surface area contributed by atoms with Gasteiger partial charge in [0.15, 0.2) is 0 Å². The lowest BCUT2D eigenvalue weighted by Crippen LogP contribution is -2.18. The van der Waals surface area contributed by atoms with Crippen LogP contribution >= 0.6 is 12.4 Å². The fraction of sp³-hybridized carbons (Fsp3) is 0.316. The molecule has 128 valence electrons. The lowest BCUT2D eigenvalue weighted by atomic mass is 9.81. The van der Waals surface area contributed by atoms with Crippen molar-refractivity contribution in [2.24, 2.45) is 0 Å². The van der Waals surface area contributed by atoms with E-state index in [4.69, 9.17) is 10.5 Å². The molecule has 1 atom stereocenters. The Kier molecular flexibility index (Phi) is 6.10. The molecule has 5 heteroatoms. The van der Waals surface area contributed by atoms with Crippen molar-refractivity contribution in [1.29, 1.82) is 0 Å². The number of carbonyl (C=O) groups excluding carboxylic acids is 1. The minimum atomic E-state index is 0. The molecule has 0 saturated carbocycles. The van der Waals surface area contributed by atoms with Crippen molar-refractivity contribution in [1.82, 2.24) is 0 Å². The Morgan fingerprint density at radius 1 is 1.29 bits per heavy atom. The van der Waals surface area contributed by atoms with Gasteiger partial charge in [0.1, 0.15) is 5.75 Å². The van der Waals surface area contributed by atoms with Crippen LogP contribution in [0.4, 0.5) is 11.4 Å². The molecule has 0 saturated heterocycles. The molecule has 2 aromatic carbocycles. The number of carbonyl (C=O) groups is 1. The van der Waals surface area contributed by atoms with Crippen LogP contribution in [0.2, 0.25) is 0 Å². The zero-order valence-corrected chi connectivity index (χ0v) is 14.6. The molecule has 1 aliphatic carbocycles. The summed E-state index contributed by atoms with van der Waals surface area (Å²) in [5.41, 5.74) is 9.81. The Balaban J connectivity index is 0.00000208. The summed E-state index contributed by atoms with van der Waals surface area (Å²) in [6.45, 7) is 0. The molecule has 0 radical (unpaired) electrons. The number of anilines is 2. The van der Waals surface area contributed by atoms with Gasteiger partial charge in [0, 0.05) is 12.1 Å².